The molecular formula is C18H20N2O. The summed E-state index contributed by atoms with van der Waals surface area (Å²) in [5.41, 5.74) is 7.28. The van der Waals surface area contributed by atoms with Crippen LogP contribution in [-0.4, -0.2) is 4.98 Å². The zero-order valence-corrected chi connectivity index (χ0v) is 12.3. The van der Waals surface area contributed by atoms with Gasteiger partial charge in [0, 0.05) is 41.9 Å². The van der Waals surface area contributed by atoms with Crippen molar-refractivity contribution in [3.8, 4) is 11.1 Å². The Morgan fingerprint density at radius 3 is 1.90 bits per heavy atom. The van der Waals surface area contributed by atoms with Crippen molar-refractivity contribution in [2.24, 2.45) is 0 Å². The molecule has 0 saturated heterocycles. The molecule has 0 unspecified atom stereocenters. The summed E-state index contributed by atoms with van der Waals surface area (Å²) in [6.45, 7) is 0. The SMILES string of the molecule is [O-][n+]1c2c(c(-c3ccncc3)c3c1CCCC3)CCCC2. The minimum absolute atomic E-state index is 0.935. The van der Waals surface area contributed by atoms with Gasteiger partial charge in [0.25, 0.3) is 0 Å². The van der Waals surface area contributed by atoms with Gasteiger partial charge in [0.1, 0.15) is 0 Å². The van der Waals surface area contributed by atoms with E-state index < -0.39 is 0 Å². The summed E-state index contributed by atoms with van der Waals surface area (Å²) < 4.78 is 1.29. The minimum atomic E-state index is 0.935. The Balaban J connectivity index is 2.03. The molecule has 21 heavy (non-hydrogen) atoms. The average Bonchev–Trinajstić information content (AvgIpc) is 2.56. The van der Waals surface area contributed by atoms with Crippen molar-refractivity contribution in [1.82, 2.24) is 4.98 Å². The molecule has 2 aliphatic rings. The fourth-order valence-electron chi connectivity index (χ4n) is 3.98. The second-order valence-electron chi connectivity index (χ2n) is 6.17. The van der Waals surface area contributed by atoms with Crippen molar-refractivity contribution in [3.63, 3.8) is 0 Å². The lowest BCUT2D eigenvalue weighted by Crippen LogP contribution is -2.42. The molecule has 3 heteroatoms. The highest BCUT2D eigenvalue weighted by atomic mass is 16.5. The molecule has 0 aromatic carbocycles. The molecule has 0 fully saturated rings. The maximum Gasteiger partial charge on any atom is 0.196 e. The van der Waals surface area contributed by atoms with E-state index in [0.29, 0.717) is 0 Å². The van der Waals surface area contributed by atoms with Crippen LogP contribution in [0.2, 0.25) is 0 Å². The first-order valence-corrected chi connectivity index (χ1v) is 8.05. The highest BCUT2D eigenvalue weighted by molar-refractivity contribution is 5.72. The largest absolute Gasteiger partial charge is 0.618 e. The zero-order chi connectivity index (χ0) is 14.2. The molecule has 0 radical (unpaired) electrons. The summed E-state index contributed by atoms with van der Waals surface area (Å²) in [4.78, 5) is 4.15. The lowest BCUT2D eigenvalue weighted by atomic mass is 9.82. The molecular weight excluding hydrogens is 260 g/mol. The van der Waals surface area contributed by atoms with E-state index in [0.717, 1.165) is 49.9 Å². The highest BCUT2D eigenvalue weighted by Crippen LogP contribution is 2.36. The topological polar surface area (TPSA) is 39.8 Å². The van der Waals surface area contributed by atoms with E-state index in [2.05, 4.69) is 17.1 Å². The predicted molar refractivity (Wildman–Crippen MR) is 81.9 cm³/mol. The third kappa shape index (κ3) is 2.03. The van der Waals surface area contributed by atoms with Gasteiger partial charge in [-0.15, -0.1) is 0 Å². The third-order valence-electron chi connectivity index (χ3n) is 4.94. The number of hydrogen-bond donors (Lipinski definition) is 0. The second-order valence-corrected chi connectivity index (χ2v) is 6.17. The maximum absolute atomic E-state index is 12.7. The van der Waals surface area contributed by atoms with Crippen LogP contribution >= 0.6 is 0 Å². The van der Waals surface area contributed by atoms with Crippen LogP contribution in [0.15, 0.2) is 24.5 Å². The van der Waals surface area contributed by atoms with E-state index in [4.69, 9.17) is 0 Å². The van der Waals surface area contributed by atoms with E-state index in [9.17, 15) is 5.21 Å². The van der Waals surface area contributed by atoms with Crippen molar-refractivity contribution >= 4 is 0 Å². The van der Waals surface area contributed by atoms with Gasteiger partial charge in [-0.3, -0.25) is 4.98 Å². The number of fused-ring (bicyclic) bond motifs is 2. The van der Waals surface area contributed by atoms with Crippen LogP contribution in [0, 0.1) is 5.21 Å². The molecule has 108 valence electrons. The Bertz CT molecular complexity index is 642. The predicted octanol–water partition coefficient (Wildman–Crippen LogP) is 3.14. The van der Waals surface area contributed by atoms with Crippen molar-refractivity contribution in [3.05, 3.63) is 52.2 Å². The Morgan fingerprint density at radius 2 is 1.33 bits per heavy atom. The molecule has 2 aromatic heterocycles. The summed E-state index contributed by atoms with van der Waals surface area (Å²) in [6, 6.07) is 4.18. The van der Waals surface area contributed by atoms with E-state index >= 15 is 0 Å². The van der Waals surface area contributed by atoms with Gasteiger partial charge in [0.15, 0.2) is 11.4 Å². The summed E-state index contributed by atoms with van der Waals surface area (Å²) in [5.74, 6) is 0. The lowest BCUT2D eigenvalue weighted by molar-refractivity contribution is -0.624. The Hall–Kier alpha value is -1.90. The Labute approximate surface area is 125 Å². The molecule has 0 spiro atoms. The van der Waals surface area contributed by atoms with Gasteiger partial charge >= 0.3 is 0 Å². The molecule has 0 bridgehead atoms. The number of rotatable bonds is 1. The third-order valence-corrected chi connectivity index (χ3v) is 4.94. The second kappa shape index (κ2) is 5.14. The molecule has 0 saturated carbocycles. The van der Waals surface area contributed by atoms with Crippen molar-refractivity contribution in [2.75, 3.05) is 0 Å². The van der Waals surface area contributed by atoms with Crippen LogP contribution in [-0.2, 0) is 25.7 Å². The zero-order valence-electron chi connectivity index (χ0n) is 12.3. The van der Waals surface area contributed by atoms with Crippen molar-refractivity contribution < 1.29 is 4.73 Å². The lowest BCUT2D eigenvalue weighted by Gasteiger charge is -2.26. The van der Waals surface area contributed by atoms with E-state index in [1.165, 1.54) is 39.8 Å². The molecule has 0 atom stereocenters. The van der Waals surface area contributed by atoms with Gasteiger partial charge in [0.05, 0.1) is 0 Å². The average molecular weight is 280 g/mol. The summed E-state index contributed by atoms with van der Waals surface area (Å²) in [7, 11) is 0. The normalized spacial score (nSPS) is 17.1. The number of hydrogen-bond acceptors (Lipinski definition) is 2. The molecule has 0 N–H and O–H groups in total. The maximum atomic E-state index is 12.7. The smallest absolute Gasteiger partial charge is 0.196 e. The first-order chi connectivity index (χ1) is 10.4. The monoisotopic (exact) mass is 280 g/mol. The molecule has 3 nitrogen and oxygen atoms in total. The molecule has 2 aromatic rings. The Morgan fingerprint density at radius 1 is 0.810 bits per heavy atom. The number of aromatic nitrogens is 2. The van der Waals surface area contributed by atoms with E-state index in [-0.39, 0.29) is 0 Å². The van der Waals surface area contributed by atoms with Crippen LogP contribution in [0.1, 0.15) is 48.2 Å². The molecule has 2 heterocycles. The fourth-order valence-corrected chi connectivity index (χ4v) is 3.98. The number of pyridine rings is 2. The molecule has 4 rings (SSSR count). The highest BCUT2D eigenvalue weighted by Gasteiger charge is 2.30. The fraction of sp³-hybridized carbons (Fsp3) is 0.444. The summed E-state index contributed by atoms with van der Waals surface area (Å²) in [6.07, 6.45) is 12.4. The van der Waals surface area contributed by atoms with Crippen LogP contribution in [0.3, 0.4) is 0 Å². The van der Waals surface area contributed by atoms with E-state index in [1.807, 2.05) is 12.4 Å². The van der Waals surface area contributed by atoms with Gasteiger partial charge < -0.3 is 5.21 Å². The van der Waals surface area contributed by atoms with Crippen LogP contribution in [0.5, 0.6) is 0 Å². The van der Waals surface area contributed by atoms with Gasteiger partial charge in [-0.05, 0) is 56.2 Å². The first kappa shape index (κ1) is 12.8. The van der Waals surface area contributed by atoms with E-state index in [1.54, 1.807) is 0 Å². The molecule has 2 aliphatic carbocycles. The van der Waals surface area contributed by atoms with Gasteiger partial charge in [-0.25, -0.2) is 0 Å². The Kier molecular flexibility index (Phi) is 3.13. The molecule has 0 aliphatic heterocycles. The van der Waals surface area contributed by atoms with Crippen LogP contribution in [0.4, 0.5) is 0 Å². The van der Waals surface area contributed by atoms with Crippen LogP contribution in [0.25, 0.3) is 11.1 Å². The van der Waals surface area contributed by atoms with Crippen molar-refractivity contribution in [1.29, 1.82) is 0 Å². The minimum Gasteiger partial charge on any atom is -0.618 e. The summed E-state index contributed by atoms with van der Waals surface area (Å²) >= 11 is 0. The van der Waals surface area contributed by atoms with Crippen LogP contribution < -0.4 is 4.73 Å². The first-order valence-electron chi connectivity index (χ1n) is 8.05. The van der Waals surface area contributed by atoms with Gasteiger partial charge in [-0.1, -0.05) is 0 Å². The van der Waals surface area contributed by atoms with Crippen molar-refractivity contribution in [2.45, 2.75) is 51.4 Å². The summed E-state index contributed by atoms with van der Waals surface area (Å²) in [5, 5.41) is 12.7. The van der Waals surface area contributed by atoms with Gasteiger partial charge in [-0.2, -0.15) is 4.73 Å². The number of nitrogens with zero attached hydrogens (tertiary/aromatic N) is 2. The van der Waals surface area contributed by atoms with Gasteiger partial charge in [0.2, 0.25) is 0 Å². The molecule has 0 amide bonds. The standard InChI is InChI=1S/C18H20N2O/c21-20-16-7-3-1-5-14(16)18(13-9-11-19-12-10-13)15-6-2-4-8-17(15)20/h9-12H,1-8H2. The quantitative estimate of drug-likeness (QED) is 0.594.